The summed E-state index contributed by atoms with van der Waals surface area (Å²) in [6.07, 6.45) is 0. The van der Waals surface area contributed by atoms with E-state index in [4.69, 9.17) is 19.9 Å². The molecule has 0 aromatic heterocycles. The molecule has 0 spiro atoms. The lowest BCUT2D eigenvalue weighted by atomic mass is 9.97. The molecule has 1 amide bonds. The van der Waals surface area contributed by atoms with Gasteiger partial charge in [0.25, 0.3) is 0 Å². The van der Waals surface area contributed by atoms with Gasteiger partial charge in [-0.05, 0) is 35.9 Å². The van der Waals surface area contributed by atoms with Gasteiger partial charge in [0, 0.05) is 12.7 Å². The van der Waals surface area contributed by atoms with Gasteiger partial charge in [-0.25, -0.2) is 4.39 Å². The predicted octanol–water partition coefficient (Wildman–Crippen LogP) is 2.02. The van der Waals surface area contributed by atoms with Crippen LogP contribution in [0.4, 0.5) is 4.39 Å². The summed E-state index contributed by atoms with van der Waals surface area (Å²) >= 11 is 0. The molecule has 0 aliphatic heterocycles. The van der Waals surface area contributed by atoms with E-state index < -0.39 is 23.8 Å². The van der Waals surface area contributed by atoms with Crippen molar-refractivity contribution in [2.45, 2.75) is 12.1 Å². The van der Waals surface area contributed by atoms with Crippen LogP contribution in [0, 0.1) is 5.82 Å². The predicted molar refractivity (Wildman–Crippen MR) is 95.8 cm³/mol. The van der Waals surface area contributed by atoms with Gasteiger partial charge in [0.15, 0.2) is 0 Å². The molecule has 0 fully saturated rings. The minimum absolute atomic E-state index is 0.0664. The molecule has 2 aromatic rings. The van der Waals surface area contributed by atoms with Crippen LogP contribution >= 0.6 is 0 Å². The van der Waals surface area contributed by atoms with Gasteiger partial charge in [-0.15, -0.1) is 0 Å². The lowest BCUT2D eigenvalue weighted by molar-refractivity contribution is -0.124. The first-order chi connectivity index (χ1) is 12.5. The number of carbonyl (C=O) groups is 1. The summed E-state index contributed by atoms with van der Waals surface area (Å²) in [6.45, 7) is 0.0664. The van der Waals surface area contributed by atoms with Crippen LogP contribution in [0.1, 0.15) is 17.2 Å². The Morgan fingerprint density at radius 1 is 1.15 bits per heavy atom. The van der Waals surface area contributed by atoms with Crippen molar-refractivity contribution >= 4 is 5.91 Å². The number of amides is 1. The van der Waals surface area contributed by atoms with E-state index in [2.05, 4.69) is 5.32 Å². The molecule has 2 unspecified atom stereocenters. The van der Waals surface area contributed by atoms with Gasteiger partial charge in [-0.3, -0.25) is 4.79 Å². The van der Waals surface area contributed by atoms with Crippen molar-refractivity contribution in [1.29, 1.82) is 0 Å². The van der Waals surface area contributed by atoms with Crippen molar-refractivity contribution in [2.75, 3.05) is 27.9 Å². The largest absolute Gasteiger partial charge is 0.497 e. The highest BCUT2D eigenvalue weighted by Gasteiger charge is 2.24. The van der Waals surface area contributed by atoms with Crippen molar-refractivity contribution in [3.63, 3.8) is 0 Å². The number of hydrogen-bond donors (Lipinski definition) is 2. The van der Waals surface area contributed by atoms with Crippen molar-refractivity contribution in [1.82, 2.24) is 5.32 Å². The van der Waals surface area contributed by atoms with Gasteiger partial charge in [0.2, 0.25) is 5.91 Å². The summed E-state index contributed by atoms with van der Waals surface area (Å²) in [5, 5.41) is 2.84. The fraction of sp³-hybridized carbons (Fsp3) is 0.316. The van der Waals surface area contributed by atoms with Crippen LogP contribution in [0.25, 0.3) is 0 Å². The van der Waals surface area contributed by atoms with Crippen molar-refractivity contribution in [2.24, 2.45) is 5.73 Å². The molecule has 0 heterocycles. The van der Waals surface area contributed by atoms with E-state index in [0.717, 1.165) is 0 Å². The number of benzene rings is 2. The van der Waals surface area contributed by atoms with Crippen LogP contribution < -0.4 is 20.5 Å². The number of carbonyl (C=O) groups excluding carboxylic acids is 1. The van der Waals surface area contributed by atoms with E-state index in [0.29, 0.717) is 22.6 Å². The molecule has 7 heteroatoms. The first-order valence-electron chi connectivity index (χ1n) is 8.02. The smallest absolute Gasteiger partial charge is 0.240 e. The van der Waals surface area contributed by atoms with Gasteiger partial charge in [-0.1, -0.05) is 12.1 Å². The monoisotopic (exact) mass is 362 g/mol. The standard InChI is InChI=1S/C19H23FN2O4/c1-24-11-16(21)19(23)22-18(12-5-4-6-14(9-12)25-2)15-10-13(20)7-8-17(15)26-3/h4-10,16,18H,11,21H2,1-3H3,(H,22,23). The first-order valence-corrected chi connectivity index (χ1v) is 8.02. The zero-order chi connectivity index (χ0) is 19.1. The molecule has 0 aliphatic carbocycles. The normalized spacial score (nSPS) is 13.0. The molecule has 2 atom stereocenters. The van der Waals surface area contributed by atoms with Crippen LogP contribution in [0.15, 0.2) is 42.5 Å². The van der Waals surface area contributed by atoms with Crippen LogP contribution in [0.5, 0.6) is 11.5 Å². The molecule has 6 nitrogen and oxygen atoms in total. The number of nitrogens with two attached hydrogens (primary N) is 1. The highest BCUT2D eigenvalue weighted by molar-refractivity contribution is 5.82. The van der Waals surface area contributed by atoms with E-state index in [-0.39, 0.29) is 6.61 Å². The number of halogens is 1. The van der Waals surface area contributed by atoms with E-state index in [1.807, 2.05) is 0 Å². The van der Waals surface area contributed by atoms with E-state index in [9.17, 15) is 9.18 Å². The summed E-state index contributed by atoms with van der Waals surface area (Å²) in [5.41, 5.74) is 6.99. The molecular formula is C19H23FN2O4. The molecule has 2 aromatic carbocycles. The Bertz CT molecular complexity index is 754. The van der Waals surface area contributed by atoms with E-state index >= 15 is 0 Å². The molecule has 0 saturated carbocycles. The maximum atomic E-state index is 13.9. The molecule has 140 valence electrons. The van der Waals surface area contributed by atoms with E-state index in [1.165, 1.54) is 32.4 Å². The molecule has 3 N–H and O–H groups in total. The highest BCUT2D eigenvalue weighted by atomic mass is 19.1. The number of hydrogen-bond acceptors (Lipinski definition) is 5. The highest BCUT2D eigenvalue weighted by Crippen LogP contribution is 2.32. The number of nitrogens with one attached hydrogen (secondary N) is 1. The van der Waals surface area contributed by atoms with Crippen molar-refractivity contribution in [3.05, 3.63) is 59.4 Å². The lowest BCUT2D eigenvalue weighted by Gasteiger charge is -2.24. The third-order valence-electron chi connectivity index (χ3n) is 3.90. The Balaban J connectivity index is 2.48. The number of rotatable bonds is 8. The average Bonchev–Trinajstić information content (AvgIpc) is 2.66. The Labute approximate surface area is 152 Å². The minimum Gasteiger partial charge on any atom is -0.497 e. The zero-order valence-electron chi connectivity index (χ0n) is 15.0. The zero-order valence-corrected chi connectivity index (χ0v) is 15.0. The molecule has 0 aliphatic rings. The van der Waals surface area contributed by atoms with Gasteiger partial charge < -0.3 is 25.3 Å². The Hall–Kier alpha value is -2.64. The topological polar surface area (TPSA) is 82.8 Å². The summed E-state index contributed by atoms with van der Waals surface area (Å²) in [7, 11) is 4.49. The quantitative estimate of drug-likeness (QED) is 0.751. The second-order valence-electron chi connectivity index (χ2n) is 5.67. The first kappa shape index (κ1) is 19.7. The second kappa shape index (κ2) is 9.17. The van der Waals surface area contributed by atoms with Gasteiger partial charge in [0.1, 0.15) is 23.4 Å². The maximum absolute atomic E-state index is 13.9. The molecule has 0 radical (unpaired) electrons. The summed E-state index contributed by atoms with van der Waals surface area (Å²) in [5.74, 6) is 0.188. The fourth-order valence-electron chi connectivity index (χ4n) is 2.60. The third kappa shape index (κ3) is 4.71. The van der Waals surface area contributed by atoms with Crippen molar-refractivity contribution < 1.29 is 23.4 Å². The summed E-state index contributed by atoms with van der Waals surface area (Å²) in [6, 6.07) is 9.74. The minimum atomic E-state index is -0.854. The molecule has 0 bridgehead atoms. The lowest BCUT2D eigenvalue weighted by Crippen LogP contribution is -2.45. The Morgan fingerprint density at radius 2 is 1.92 bits per heavy atom. The van der Waals surface area contributed by atoms with Crippen LogP contribution in [-0.4, -0.2) is 39.9 Å². The second-order valence-corrected chi connectivity index (χ2v) is 5.67. The fourth-order valence-corrected chi connectivity index (χ4v) is 2.60. The molecule has 2 rings (SSSR count). The van der Waals surface area contributed by atoms with Crippen LogP contribution in [0.3, 0.4) is 0 Å². The number of ether oxygens (including phenoxy) is 3. The van der Waals surface area contributed by atoms with Gasteiger partial charge in [-0.2, -0.15) is 0 Å². The summed E-state index contributed by atoms with van der Waals surface area (Å²) < 4.78 is 29.4. The summed E-state index contributed by atoms with van der Waals surface area (Å²) in [4.78, 5) is 12.4. The molecule has 26 heavy (non-hydrogen) atoms. The SMILES string of the molecule is COCC(N)C(=O)NC(c1cccc(OC)c1)c1cc(F)ccc1OC. The number of methoxy groups -OCH3 is 3. The Morgan fingerprint density at radius 3 is 2.58 bits per heavy atom. The third-order valence-corrected chi connectivity index (χ3v) is 3.90. The van der Waals surface area contributed by atoms with Crippen LogP contribution in [-0.2, 0) is 9.53 Å². The Kier molecular flexibility index (Phi) is 6.94. The molecule has 0 saturated heterocycles. The van der Waals surface area contributed by atoms with Gasteiger partial charge >= 0.3 is 0 Å². The van der Waals surface area contributed by atoms with Crippen LogP contribution in [0.2, 0.25) is 0 Å². The van der Waals surface area contributed by atoms with Crippen molar-refractivity contribution in [3.8, 4) is 11.5 Å². The maximum Gasteiger partial charge on any atom is 0.240 e. The molecular weight excluding hydrogens is 339 g/mol. The van der Waals surface area contributed by atoms with Gasteiger partial charge in [0.05, 0.1) is 26.9 Å². The van der Waals surface area contributed by atoms with E-state index in [1.54, 1.807) is 31.4 Å². The average molecular weight is 362 g/mol.